The fourth-order valence-electron chi connectivity index (χ4n) is 2.17. The molecule has 5 nitrogen and oxygen atoms in total. The minimum Gasteiger partial charge on any atom is -0.347 e. The first-order valence-corrected chi connectivity index (χ1v) is 8.97. The third-order valence-electron chi connectivity index (χ3n) is 3.27. The van der Waals surface area contributed by atoms with Crippen molar-refractivity contribution in [1.82, 2.24) is 5.32 Å². The monoisotopic (exact) mass is 333 g/mol. The van der Waals surface area contributed by atoms with E-state index in [9.17, 15) is 13.2 Å². The number of rotatable bonds is 6. The second-order valence-electron chi connectivity index (χ2n) is 5.23. The third-order valence-corrected chi connectivity index (χ3v) is 3.81. The SMILES string of the molecule is CC(NC(=O)C(OS(C)(=O)=O)c1ccccc1)c1ccccc1. The van der Waals surface area contributed by atoms with Crippen LogP contribution in [-0.2, 0) is 19.1 Å². The molecule has 122 valence electrons. The Morgan fingerprint density at radius 3 is 1.91 bits per heavy atom. The summed E-state index contributed by atoms with van der Waals surface area (Å²) in [5, 5.41) is 2.79. The quantitative estimate of drug-likeness (QED) is 0.825. The first-order chi connectivity index (χ1) is 10.9. The Kier molecular flexibility index (Phi) is 5.52. The Morgan fingerprint density at radius 2 is 1.43 bits per heavy atom. The molecule has 0 radical (unpaired) electrons. The van der Waals surface area contributed by atoms with Crippen LogP contribution in [0, 0.1) is 0 Å². The molecule has 2 aromatic rings. The van der Waals surface area contributed by atoms with Crippen molar-refractivity contribution < 1.29 is 17.4 Å². The molecule has 0 spiro atoms. The summed E-state index contributed by atoms with van der Waals surface area (Å²) in [7, 11) is -3.78. The number of hydrogen-bond donors (Lipinski definition) is 1. The van der Waals surface area contributed by atoms with E-state index >= 15 is 0 Å². The molecule has 2 rings (SSSR count). The Morgan fingerprint density at radius 1 is 0.957 bits per heavy atom. The van der Waals surface area contributed by atoms with Crippen LogP contribution in [-0.4, -0.2) is 20.6 Å². The zero-order valence-electron chi connectivity index (χ0n) is 13.0. The summed E-state index contributed by atoms with van der Waals surface area (Å²) in [5.74, 6) is -0.502. The highest BCUT2D eigenvalue weighted by atomic mass is 32.2. The van der Waals surface area contributed by atoms with E-state index in [0.717, 1.165) is 11.8 Å². The molecule has 0 heterocycles. The van der Waals surface area contributed by atoms with Crippen LogP contribution in [0.25, 0.3) is 0 Å². The van der Waals surface area contributed by atoms with Gasteiger partial charge in [-0.1, -0.05) is 60.7 Å². The Labute approximate surface area is 136 Å². The maximum atomic E-state index is 12.5. The molecule has 0 saturated heterocycles. The lowest BCUT2D eigenvalue weighted by molar-refractivity contribution is -0.128. The second-order valence-corrected chi connectivity index (χ2v) is 6.83. The van der Waals surface area contributed by atoms with E-state index in [1.54, 1.807) is 30.3 Å². The fraction of sp³-hybridized carbons (Fsp3) is 0.235. The van der Waals surface area contributed by atoms with Crippen molar-refractivity contribution in [1.29, 1.82) is 0 Å². The summed E-state index contributed by atoms with van der Waals surface area (Å²) in [5.41, 5.74) is 1.41. The van der Waals surface area contributed by atoms with Gasteiger partial charge in [-0.15, -0.1) is 0 Å². The maximum absolute atomic E-state index is 12.5. The van der Waals surface area contributed by atoms with Gasteiger partial charge >= 0.3 is 0 Å². The van der Waals surface area contributed by atoms with E-state index in [4.69, 9.17) is 4.18 Å². The minimum atomic E-state index is -3.78. The van der Waals surface area contributed by atoms with Crippen molar-refractivity contribution in [3.8, 4) is 0 Å². The predicted molar refractivity (Wildman–Crippen MR) is 88.1 cm³/mol. The molecule has 2 aromatic carbocycles. The molecule has 0 bridgehead atoms. The van der Waals surface area contributed by atoms with Gasteiger partial charge in [0.15, 0.2) is 6.10 Å². The molecule has 1 N–H and O–H groups in total. The van der Waals surface area contributed by atoms with E-state index in [-0.39, 0.29) is 6.04 Å². The van der Waals surface area contributed by atoms with Crippen molar-refractivity contribution in [2.75, 3.05) is 6.26 Å². The number of carbonyl (C=O) groups is 1. The highest BCUT2D eigenvalue weighted by Gasteiger charge is 2.26. The summed E-state index contributed by atoms with van der Waals surface area (Å²) < 4.78 is 27.9. The summed E-state index contributed by atoms with van der Waals surface area (Å²) in [6, 6.07) is 17.7. The van der Waals surface area contributed by atoms with E-state index in [2.05, 4.69) is 5.32 Å². The topological polar surface area (TPSA) is 72.5 Å². The van der Waals surface area contributed by atoms with E-state index in [1.807, 2.05) is 37.3 Å². The molecule has 23 heavy (non-hydrogen) atoms. The largest absolute Gasteiger partial charge is 0.347 e. The van der Waals surface area contributed by atoms with Crippen LogP contribution in [0.15, 0.2) is 60.7 Å². The second kappa shape index (κ2) is 7.39. The Hall–Kier alpha value is -2.18. The molecular formula is C17H19NO4S. The average Bonchev–Trinajstić information content (AvgIpc) is 2.53. The van der Waals surface area contributed by atoms with Crippen molar-refractivity contribution in [3.63, 3.8) is 0 Å². The van der Waals surface area contributed by atoms with E-state index in [0.29, 0.717) is 5.56 Å². The van der Waals surface area contributed by atoms with Gasteiger partial charge in [0, 0.05) is 0 Å². The smallest absolute Gasteiger partial charge is 0.265 e. The van der Waals surface area contributed by atoms with Crippen LogP contribution >= 0.6 is 0 Å². The van der Waals surface area contributed by atoms with Gasteiger partial charge in [-0.25, -0.2) is 0 Å². The lowest BCUT2D eigenvalue weighted by Crippen LogP contribution is -2.33. The third kappa shape index (κ3) is 5.19. The number of nitrogens with one attached hydrogen (secondary N) is 1. The van der Waals surface area contributed by atoms with Gasteiger partial charge in [-0.05, 0) is 18.1 Å². The van der Waals surface area contributed by atoms with Crippen LogP contribution in [0.4, 0.5) is 0 Å². The van der Waals surface area contributed by atoms with E-state index in [1.165, 1.54) is 0 Å². The van der Waals surface area contributed by atoms with Crippen LogP contribution in [0.2, 0.25) is 0 Å². The standard InChI is InChI=1S/C17H19NO4S/c1-13(14-9-5-3-6-10-14)18-17(19)16(22-23(2,20)21)15-11-7-4-8-12-15/h3-13,16H,1-2H3,(H,18,19). The lowest BCUT2D eigenvalue weighted by Gasteiger charge is -2.20. The van der Waals surface area contributed by atoms with Crippen molar-refractivity contribution in [2.45, 2.75) is 19.1 Å². The summed E-state index contributed by atoms with van der Waals surface area (Å²) in [6.07, 6.45) is -0.283. The van der Waals surface area contributed by atoms with Crippen LogP contribution in [0.1, 0.15) is 30.2 Å². The molecule has 2 atom stereocenters. The number of benzene rings is 2. The summed E-state index contributed by atoms with van der Waals surface area (Å²) in [6.45, 7) is 1.83. The molecular weight excluding hydrogens is 314 g/mol. The number of amides is 1. The highest BCUT2D eigenvalue weighted by Crippen LogP contribution is 2.21. The van der Waals surface area contributed by atoms with Gasteiger partial charge in [0.2, 0.25) is 0 Å². The van der Waals surface area contributed by atoms with Gasteiger partial charge in [-0.2, -0.15) is 8.42 Å². The highest BCUT2D eigenvalue weighted by molar-refractivity contribution is 7.86. The minimum absolute atomic E-state index is 0.266. The van der Waals surface area contributed by atoms with Crippen LogP contribution in [0.5, 0.6) is 0 Å². The number of hydrogen-bond acceptors (Lipinski definition) is 4. The molecule has 1 amide bonds. The first kappa shape index (κ1) is 17.2. The predicted octanol–water partition coefficient (Wildman–Crippen LogP) is 2.58. The molecule has 0 aromatic heterocycles. The first-order valence-electron chi connectivity index (χ1n) is 7.15. The molecule has 0 saturated carbocycles. The fourth-order valence-corrected chi connectivity index (χ4v) is 2.72. The van der Waals surface area contributed by atoms with Crippen molar-refractivity contribution >= 4 is 16.0 Å². The summed E-state index contributed by atoms with van der Waals surface area (Å²) >= 11 is 0. The molecule has 0 aliphatic carbocycles. The molecule has 0 aliphatic rings. The molecule has 0 fully saturated rings. The lowest BCUT2D eigenvalue weighted by atomic mass is 10.1. The van der Waals surface area contributed by atoms with Gasteiger partial charge in [0.05, 0.1) is 12.3 Å². The zero-order valence-corrected chi connectivity index (χ0v) is 13.8. The van der Waals surface area contributed by atoms with E-state index < -0.39 is 22.1 Å². The van der Waals surface area contributed by atoms with Gasteiger partial charge in [0.1, 0.15) is 0 Å². The van der Waals surface area contributed by atoms with Crippen LogP contribution < -0.4 is 5.32 Å². The van der Waals surface area contributed by atoms with Gasteiger partial charge in [0.25, 0.3) is 16.0 Å². The molecule has 2 unspecified atom stereocenters. The summed E-state index contributed by atoms with van der Waals surface area (Å²) in [4.78, 5) is 12.5. The van der Waals surface area contributed by atoms with Crippen molar-refractivity contribution in [2.24, 2.45) is 0 Å². The molecule has 6 heteroatoms. The number of carbonyl (C=O) groups excluding carboxylic acids is 1. The zero-order chi connectivity index (χ0) is 16.9. The van der Waals surface area contributed by atoms with Crippen LogP contribution in [0.3, 0.4) is 0 Å². The van der Waals surface area contributed by atoms with Gasteiger partial charge in [-0.3, -0.25) is 8.98 Å². The Balaban J connectivity index is 2.20. The Bertz CT molecular complexity index is 745. The van der Waals surface area contributed by atoms with Crippen molar-refractivity contribution in [3.05, 3.63) is 71.8 Å². The normalized spacial score (nSPS) is 14.0. The van der Waals surface area contributed by atoms with Gasteiger partial charge < -0.3 is 5.32 Å². The average molecular weight is 333 g/mol. The maximum Gasteiger partial charge on any atom is 0.265 e. The molecule has 0 aliphatic heterocycles.